The molecule has 1 rings (SSSR count). The van der Waals surface area contributed by atoms with Gasteiger partial charge in [-0.05, 0) is 23.9 Å². The first-order valence-electron chi connectivity index (χ1n) is 4.26. The Hall–Kier alpha value is -1.24. The Bertz CT molecular complexity index is 340. The Balaban J connectivity index is 2.29. The first-order valence-corrected chi connectivity index (χ1v) is 5.24. The molecule has 0 spiro atoms. The minimum atomic E-state index is -4.23. The maximum atomic E-state index is 11.7. The van der Waals surface area contributed by atoms with Gasteiger partial charge in [0.25, 0.3) is 0 Å². The third-order valence-electron chi connectivity index (χ3n) is 1.50. The summed E-state index contributed by atoms with van der Waals surface area (Å²) >= 11 is -0.141. The smallest absolute Gasteiger partial charge is 0.441 e. The molecule has 88 valence electrons. The first kappa shape index (κ1) is 12.8. The van der Waals surface area contributed by atoms with Crippen LogP contribution in [0.5, 0.6) is 5.75 Å². The lowest BCUT2D eigenvalue weighted by atomic mass is 10.4. The van der Waals surface area contributed by atoms with Crippen LogP contribution < -0.4 is 4.74 Å². The fourth-order valence-corrected chi connectivity index (χ4v) is 1.26. The fraction of sp³-hybridized carbons (Fsp3) is 0.333. The van der Waals surface area contributed by atoms with E-state index in [0.717, 1.165) is 0 Å². The van der Waals surface area contributed by atoms with Crippen molar-refractivity contribution >= 4 is 18.0 Å². The molecule has 1 aromatic rings. The van der Waals surface area contributed by atoms with Crippen LogP contribution in [0.1, 0.15) is 10.5 Å². The van der Waals surface area contributed by atoms with Gasteiger partial charge >= 0.3 is 5.51 Å². The molecule has 16 heavy (non-hydrogen) atoms. The predicted molar refractivity (Wildman–Crippen MR) is 53.6 cm³/mol. The number of alkyl halides is 3. The number of nitrogens with zero attached hydrogens (tertiary/aromatic N) is 1. The summed E-state index contributed by atoms with van der Waals surface area (Å²) in [5, 5.41) is 0. The van der Waals surface area contributed by atoms with Gasteiger partial charge in [0.1, 0.15) is 11.4 Å². The maximum absolute atomic E-state index is 11.7. The topological polar surface area (TPSA) is 39.2 Å². The molecule has 0 fully saturated rings. The molecule has 0 amide bonds. The Morgan fingerprint density at radius 2 is 2.19 bits per heavy atom. The number of rotatable bonds is 5. The van der Waals surface area contributed by atoms with Crippen LogP contribution in [0.25, 0.3) is 0 Å². The molecular formula is C9H8F3NO2S. The van der Waals surface area contributed by atoms with Crippen LogP contribution in [0, 0.1) is 0 Å². The van der Waals surface area contributed by atoms with Gasteiger partial charge in [-0.3, -0.25) is 4.79 Å². The van der Waals surface area contributed by atoms with Crippen molar-refractivity contribution in [1.29, 1.82) is 0 Å². The van der Waals surface area contributed by atoms with E-state index < -0.39 is 5.51 Å². The van der Waals surface area contributed by atoms with E-state index in [1.807, 2.05) is 0 Å². The van der Waals surface area contributed by atoms with Crippen molar-refractivity contribution in [2.45, 2.75) is 5.51 Å². The minimum absolute atomic E-state index is 0.0632. The highest BCUT2D eigenvalue weighted by Gasteiger charge is 2.27. The SMILES string of the molecule is O=Cc1ccc(OCCSC(F)(F)F)cn1. The lowest BCUT2D eigenvalue weighted by molar-refractivity contribution is -0.0329. The Kier molecular flexibility index (Phi) is 4.60. The normalized spacial score (nSPS) is 11.2. The second-order valence-electron chi connectivity index (χ2n) is 2.68. The number of aromatic nitrogens is 1. The van der Waals surface area contributed by atoms with E-state index in [1.54, 1.807) is 0 Å². The fourth-order valence-electron chi connectivity index (χ4n) is 0.864. The Labute approximate surface area is 94.0 Å². The first-order chi connectivity index (χ1) is 7.51. The second kappa shape index (κ2) is 5.74. The highest BCUT2D eigenvalue weighted by atomic mass is 32.2. The Morgan fingerprint density at radius 3 is 2.69 bits per heavy atom. The quantitative estimate of drug-likeness (QED) is 0.595. The van der Waals surface area contributed by atoms with Crippen LogP contribution in [0.3, 0.4) is 0 Å². The number of pyridine rings is 1. The van der Waals surface area contributed by atoms with Crippen LogP contribution in [0.2, 0.25) is 0 Å². The molecule has 1 heterocycles. The van der Waals surface area contributed by atoms with Crippen molar-refractivity contribution in [3.63, 3.8) is 0 Å². The van der Waals surface area contributed by atoms with Gasteiger partial charge in [-0.1, -0.05) is 0 Å². The summed E-state index contributed by atoms with van der Waals surface area (Å²) in [6.07, 6.45) is 1.87. The molecule has 0 radical (unpaired) electrons. The van der Waals surface area contributed by atoms with Crippen molar-refractivity contribution in [1.82, 2.24) is 4.98 Å². The van der Waals surface area contributed by atoms with Gasteiger partial charge in [-0.15, -0.1) is 0 Å². The van der Waals surface area contributed by atoms with Gasteiger partial charge in [0.05, 0.1) is 12.8 Å². The van der Waals surface area contributed by atoms with E-state index in [9.17, 15) is 18.0 Å². The van der Waals surface area contributed by atoms with Gasteiger partial charge in [0.2, 0.25) is 0 Å². The standard InChI is InChI=1S/C9H8F3NO2S/c10-9(11,12)16-4-3-15-8-2-1-7(6-14)13-5-8/h1-2,5-6H,3-4H2. The Morgan fingerprint density at radius 1 is 1.44 bits per heavy atom. The molecule has 0 atom stereocenters. The molecule has 7 heteroatoms. The number of carbonyl (C=O) groups is 1. The summed E-state index contributed by atoms with van der Waals surface area (Å²) in [4.78, 5) is 14.0. The van der Waals surface area contributed by atoms with Crippen molar-refractivity contribution in [3.05, 3.63) is 24.0 Å². The summed E-state index contributed by atoms with van der Waals surface area (Å²) in [5.41, 5.74) is -3.99. The molecule has 0 N–H and O–H groups in total. The third-order valence-corrected chi connectivity index (χ3v) is 2.20. The minimum Gasteiger partial charge on any atom is -0.491 e. The average Bonchev–Trinajstić information content (AvgIpc) is 2.24. The summed E-state index contributed by atoms with van der Waals surface area (Å²) in [6, 6.07) is 2.91. The highest BCUT2D eigenvalue weighted by molar-refractivity contribution is 8.00. The summed E-state index contributed by atoms with van der Waals surface area (Å²) in [7, 11) is 0. The third kappa shape index (κ3) is 5.01. The average molecular weight is 251 g/mol. The number of hydrogen-bond donors (Lipinski definition) is 0. The summed E-state index contributed by atoms with van der Waals surface area (Å²) < 4.78 is 40.2. The van der Waals surface area contributed by atoms with E-state index in [2.05, 4.69) is 4.98 Å². The predicted octanol–water partition coefficient (Wildman–Crippen LogP) is 2.53. The molecule has 0 aliphatic rings. The van der Waals surface area contributed by atoms with Crippen LogP contribution in [0.15, 0.2) is 18.3 Å². The van der Waals surface area contributed by atoms with Gasteiger partial charge in [0.15, 0.2) is 6.29 Å². The van der Waals surface area contributed by atoms with E-state index in [1.165, 1.54) is 18.3 Å². The molecule has 0 aliphatic heterocycles. The molecule has 0 aromatic carbocycles. The number of halogens is 3. The van der Waals surface area contributed by atoms with Crippen molar-refractivity contribution in [2.75, 3.05) is 12.4 Å². The number of aldehydes is 1. The van der Waals surface area contributed by atoms with Crippen LogP contribution in [0.4, 0.5) is 13.2 Å². The lowest BCUT2D eigenvalue weighted by Crippen LogP contribution is -2.07. The molecular weight excluding hydrogens is 243 g/mol. The summed E-state index contributed by atoms with van der Waals surface area (Å²) in [6.45, 7) is -0.0632. The molecule has 0 saturated carbocycles. The highest BCUT2D eigenvalue weighted by Crippen LogP contribution is 2.29. The molecule has 0 unspecified atom stereocenters. The molecule has 0 bridgehead atoms. The van der Waals surface area contributed by atoms with Gasteiger partial charge < -0.3 is 4.74 Å². The molecule has 0 aliphatic carbocycles. The zero-order valence-corrected chi connectivity index (χ0v) is 8.85. The van der Waals surface area contributed by atoms with Gasteiger partial charge in [-0.25, -0.2) is 4.98 Å². The van der Waals surface area contributed by atoms with E-state index >= 15 is 0 Å². The van der Waals surface area contributed by atoms with Crippen molar-refractivity contribution in [3.8, 4) is 5.75 Å². The van der Waals surface area contributed by atoms with E-state index in [-0.39, 0.29) is 29.8 Å². The van der Waals surface area contributed by atoms with Crippen LogP contribution in [-0.4, -0.2) is 29.1 Å². The molecule has 0 saturated heterocycles. The van der Waals surface area contributed by atoms with Crippen LogP contribution >= 0.6 is 11.8 Å². The lowest BCUT2D eigenvalue weighted by Gasteiger charge is -2.07. The number of hydrogen-bond acceptors (Lipinski definition) is 4. The van der Waals surface area contributed by atoms with Gasteiger partial charge in [-0.2, -0.15) is 13.2 Å². The van der Waals surface area contributed by atoms with E-state index in [0.29, 0.717) is 12.0 Å². The zero-order valence-electron chi connectivity index (χ0n) is 8.03. The summed E-state index contributed by atoms with van der Waals surface area (Å²) in [5.74, 6) is 0.159. The number of thioether (sulfide) groups is 1. The number of carbonyl (C=O) groups excluding carboxylic acids is 1. The molecule has 3 nitrogen and oxygen atoms in total. The van der Waals surface area contributed by atoms with Gasteiger partial charge in [0, 0.05) is 5.75 Å². The number of ether oxygens (including phenoxy) is 1. The largest absolute Gasteiger partial charge is 0.491 e. The monoisotopic (exact) mass is 251 g/mol. The maximum Gasteiger partial charge on any atom is 0.441 e. The zero-order chi connectivity index (χ0) is 12.0. The molecule has 1 aromatic heterocycles. The van der Waals surface area contributed by atoms with Crippen LogP contribution in [-0.2, 0) is 0 Å². The second-order valence-corrected chi connectivity index (χ2v) is 3.84. The van der Waals surface area contributed by atoms with Crippen molar-refractivity contribution < 1.29 is 22.7 Å². The van der Waals surface area contributed by atoms with Crippen molar-refractivity contribution in [2.24, 2.45) is 0 Å². The van der Waals surface area contributed by atoms with E-state index in [4.69, 9.17) is 4.74 Å².